The van der Waals surface area contributed by atoms with Crippen molar-refractivity contribution in [3.63, 3.8) is 0 Å². The highest BCUT2D eigenvalue weighted by molar-refractivity contribution is 9.10. The highest BCUT2D eigenvalue weighted by atomic mass is 79.9. The molecule has 0 aromatic heterocycles. The number of benzene rings is 2. The first-order valence-corrected chi connectivity index (χ1v) is 7.26. The number of para-hydroxylation sites is 1. The van der Waals surface area contributed by atoms with Crippen LogP contribution in [0, 0.1) is 5.82 Å². The average Bonchev–Trinajstić information content (AvgIpc) is 2.46. The average molecular weight is 355 g/mol. The molecule has 0 heterocycles. The maximum absolute atomic E-state index is 13.5. The number of aliphatic hydroxyl groups excluding tert-OH is 1. The number of methoxy groups -OCH3 is 1. The third kappa shape index (κ3) is 4.27. The smallest absolute Gasteiger partial charge is 0.125 e. The summed E-state index contributed by atoms with van der Waals surface area (Å²) >= 11 is 3.22. The molecular weight excluding hydrogens is 339 g/mol. The molecule has 2 aromatic carbocycles. The molecule has 112 valence electrons. The Balaban J connectivity index is 2.27. The molecule has 0 spiro atoms. The van der Waals surface area contributed by atoms with Gasteiger partial charge in [0, 0.05) is 17.1 Å². The lowest BCUT2D eigenvalue weighted by Gasteiger charge is -2.17. The first-order chi connectivity index (χ1) is 10.1. The minimum atomic E-state index is -0.962. The lowest BCUT2D eigenvalue weighted by atomic mass is 10.0. The van der Waals surface area contributed by atoms with Crippen LogP contribution in [0.15, 0.2) is 46.9 Å². The van der Waals surface area contributed by atoms with Gasteiger partial charge in [0.1, 0.15) is 24.3 Å². The van der Waals surface area contributed by atoms with Gasteiger partial charge < -0.3 is 14.6 Å². The third-order valence-electron chi connectivity index (χ3n) is 2.96. The van der Waals surface area contributed by atoms with Gasteiger partial charge in [-0.05, 0) is 29.8 Å². The summed E-state index contributed by atoms with van der Waals surface area (Å²) in [5, 5.41) is 10.5. The van der Waals surface area contributed by atoms with E-state index in [2.05, 4.69) is 15.9 Å². The zero-order valence-electron chi connectivity index (χ0n) is 11.6. The molecule has 0 saturated carbocycles. The second-order valence-corrected chi connectivity index (χ2v) is 5.40. The lowest BCUT2D eigenvalue weighted by Crippen LogP contribution is -2.08. The Morgan fingerprint density at radius 1 is 1.19 bits per heavy atom. The summed E-state index contributed by atoms with van der Waals surface area (Å²) < 4.78 is 24.6. The molecule has 0 saturated heterocycles. The van der Waals surface area contributed by atoms with Gasteiger partial charge >= 0.3 is 0 Å². The number of rotatable bonds is 6. The predicted molar refractivity (Wildman–Crippen MR) is 82.0 cm³/mol. The first-order valence-electron chi connectivity index (χ1n) is 6.46. The third-order valence-corrected chi connectivity index (χ3v) is 3.42. The van der Waals surface area contributed by atoms with Gasteiger partial charge in [0.2, 0.25) is 0 Å². The highest BCUT2D eigenvalue weighted by Gasteiger charge is 2.16. The number of hydrogen-bond donors (Lipinski definition) is 1. The van der Waals surface area contributed by atoms with E-state index < -0.39 is 11.9 Å². The highest BCUT2D eigenvalue weighted by Crippen LogP contribution is 2.31. The van der Waals surface area contributed by atoms with Gasteiger partial charge in [0.05, 0.1) is 6.61 Å². The van der Waals surface area contributed by atoms with Crippen LogP contribution in [0.5, 0.6) is 5.75 Å². The van der Waals surface area contributed by atoms with Crippen LogP contribution in [0.4, 0.5) is 4.39 Å². The summed E-state index contributed by atoms with van der Waals surface area (Å²) in [5.41, 5.74) is 1.05. The molecule has 1 unspecified atom stereocenters. The Morgan fingerprint density at radius 2 is 1.95 bits per heavy atom. The van der Waals surface area contributed by atoms with E-state index >= 15 is 0 Å². The molecule has 0 bridgehead atoms. The number of aliphatic hydroxyl groups is 1. The van der Waals surface area contributed by atoms with Crippen molar-refractivity contribution in [2.24, 2.45) is 0 Å². The van der Waals surface area contributed by atoms with Crippen molar-refractivity contribution < 1.29 is 19.0 Å². The zero-order chi connectivity index (χ0) is 15.2. The van der Waals surface area contributed by atoms with Crippen LogP contribution in [-0.2, 0) is 4.74 Å². The van der Waals surface area contributed by atoms with Crippen molar-refractivity contribution in [2.75, 3.05) is 20.3 Å². The van der Waals surface area contributed by atoms with E-state index in [1.165, 1.54) is 12.1 Å². The van der Waals surface area contributed by atoms with Gasteiger partial charge in [-0.3, -0.25) is 0 Å². The molecule has 2 aromatic rings. The Kier molecular flexibility index (Phi) is 5.73. The van der Waals surface area contributed by atoms with Crippen molar-refractivity contribution in [3.05, 3.63) is 63.9 Å². The molecule has 3 nitrogen and oxygen atoms in total. The monoisotopic (exact) mass is 354 g/mol. The second kappa shape index (κ2) is 7.54. The quantitative estimate of drug-likeness (QED) is 0.804. The van der Waals surface area contributed by atoms with Gasteiger partial charge in [0.15, 0.2) is 0 Å². The summed E-state index contributed by atoms with van der Waals surface area (Å²) in [7, 11) is 1.59. The van der Waals surface area contributed by atoms with E-state index in [9.17, 15) is 9.50 Å². The minimum Gasteiger partial charge on any atom is -0.491 e. The molecule has 1 N–H and O–H groups in total. The van der Waals surface area contributed by atoms with Crippen LogP contribution in [0.1, 0.15) is 17.2 Å². The summed E-state index contributed by atoms with van der Waals surface area (Å²) in [6, 6.07) is 11.5. The molecule has 0 fully saturated rings. The topological polar surface area (TPSA) is 38.7 Å². The normalized spacial score (nSPS) is 12.2. The van der Waals surface area contributed by atoms with Gasteiger partial charge in [-0.1, -0.05) is 34.1 Å². The number of hydrogen-bond acceptors (Lipinski definition) is 3. The maximum atomic E-state index is 13.5. The molecule has 0 radical (unpaired) electrons. The zero-order valence-corrected chi connectivity index (χ0v) is 13.1. The van der Waals surface area contributed by atoms with Crippen molar-refractivity contribution in [2.45, 2.75) is 6.10 Å². The van der Waals surface area contributed by atoms with Crippen molar-refractivity contribution in [1.82, 2.24) is 0 Å². The Morgan fingerprint density at radius 3 is 2.67 bits per heavy atom. The summed E-state index contributed by atoms with van der Waals surface area (Å²) in [4.78, 5) is 0. The van der Waals surface area contributed by atoms with Crippen molar-refractivity contribution >= 4 is 15.9 Å². The molecule has 0 aliphatic heterocycles. The summed E-state index contributed by atoms with van der Waals surface area (Å²) in [6.07, 6.45) is -0.962. The fraction of sp³-hybridized carbons (Fsp3) is 0.250. The molecule has 5 heteroatoms. The van der Waals surface area contributed by atoms with E-state index in [0.717, 1.165) is 0 Å². The summed E-state index contributed by atoms with van der Waals surface area (Å²) in [6.45, 7) is 0.836. The lowest BCUT2D eigenvalue weighted by molar-refractivity contribution is 0.142. The fourth-order valence-electron chi connectivity index (χ4n) is 1.99. The summed E-state index contributed by atoms with van der Waals surface area (Å²) in [5.74, 6) is 0.152. The largest absolute Gasteiger partial charge is 0.491 e. The van der Waals surface area contributed by atoms with Crippen molar-refractivity contribution in [1.29, 1.82) is 0 Å². The molecule has 21 heavy (non-hydrogen) atoms. The van der Waals surface area contributed by atoms with Crippen LogP contribution >= 0.6 is 15.9 Å². The predicted octanol–water partition coefficient (Wildman–Crippen LogP) is 3.70. The van der Waals surface area contributed by atoms with Gasteiger partial charge in [-0.2, -0.15) is 0 Å². The van der Waals surface area contributed by atoms with Crippen LogP contribution in [-0.4, -0.2) is 25.4 Å². The molecular formula is C16H16BrFO3. The van der Waals surface area contributed by atoms with Gasteiger partial charge in [-0.15, -0.1) is 0 Å². The van der Waals surface area contributed by atoms with E-state index in [1.807, 2.05) is 6.07 Å². The van der Waals surface area contributed by atoms with Gasteiger partial charge in [-0.25, -0.2) is 4.39 Å². The number of ether oxygens (including phenoxy) is 2. The van der Waals surface area contributed by atoms with E-state index in [1.54, 1.807) is 31.4 Å². The minimum absolute atomic E-state index is 0.382. The van der Waals surface area contributed by atoms with Crippen LogP contribution in [0.3, 0.4) is 0 Å². The van der Waals surface area contributed by atoms with Crippen molar-refractivity contribution in [3.8, 4) is 5.75 Å². The van der Waals surface area contributed by atoms with E-state index in [4.69, 9.17) is 9.47 Å². The van der Waals surface area contributed by atoms with E-state index in [-0.39, 0.29) is 0 Å². The van der Waals surface area contributed by atoms with Crippen LogP contribution in [0.25, 0.3) is 0 Å². The van der Waals surface area contributed by atoms with Gasteiger partial charge in [0.25, 0.3) is 0 Å². The molecule has 0 aliphatic rings. The van der Waals surface area contributed by atoms with Crippen LogP contribution < -0.4 is 4.74 Å². The van der Waals surface area contributed by atoms with Crippen LogP contribution in [0.2, 0.25) is 0 Å². The molecule has 0 aliphatic carbocycles. The SMILES string of the molecule is COCCOc1ccccc1C(O)c1cc(F)cc(Br)c1. The maximum Gasteiger partial charge on any atom is 0.125 e. The Hall–Kier alpha value is -1.43. The standard InChI is InChI=1S/C16H16BrFO3/c1-20-6-7-21-15-5-3-2-4-14(15)16(19)11-8-12(17)10-13(18)9-11/h2-5,8-10,16,19H,6-7H2,1H3. The Labute approximate surface area is 131 Å². The first kappa shape index (κ1) is 15.9. The molecule has 1 atom stereocenters. The Bertz CT molecular complexity index is 584. The number of halogens is 2. The molecule has 2 rings (SSSR count). The molecule has 0 amide bonds. The van der Waals surface area contributed by atoms with E-state index in [0.29, 0.717) is 34.6 Å². The fourth-order valence-corrected chi connectivity index (χ4v) is 2.47. The second-order valence-electron chi connectivity index (χ2n) is 4.48.